The smallest absolute Gasteiger partial charge is 0.188 e. The Balaban J connectivity index is 1.97. The maximum Gasteiger partial charge on any atom is 0.188 e. The standard InChI is InChI=1S/C16H17FN4S/c1-3-11(2)10-22-15-9-8-14-18-19-16(21(14)20-15)12-6-4-5-7-13(12)17/h4-9,11H,3,10H2,1-2H3. The van der Waals surface area contributed by atoms with Crippen LogP contribution in [0.4, 0.5) is 4.39 Å². The Morgan fingerprint density at radius 3 is 2.77 bits per heavy atom. The molecule has 0 fully saturated rings. The average Bonchev–Trinajstić information content (AvgIpc) is 2.96. The van der Waals surface area contributed by atoms with Crippen molar-refractivity contribution in [2.24, 2.45) is 5.92 Å². The highest BCUT2D eigenvalue weighted by molar-refractivity contribution is 7.99. The Bertz CT molecular complexity index is 787. The first kappa shape index (κ1) is 15.0. The highest BCUT2D eigenvalue weighted by Gasteiger charge is 2.13. The van der Waals surface area contributed by atoms with Crippen molar-refractivity contribution >= 4 is 17.4 Å². The van der Waals surface area contributed by atoms with E-state index in [9.17, 15) is 4.39 Å². The molecule has 0 N–H and O–H groups in total. The number of hydrogen-bond acceptors (Lipinski definition) is 4. The van der Waals surface area contributed by atoms with E-state index < -0.39 is 0 Å². The summed E-state index contributed by atoms with van der Waals surface area (Å²) >= 11 is 1.70. The van der Waals surface area contributed by atoms with E-state index in [0.29, 0.717) is 23.0 Å². The van der Waals surface area contributed by atoms with Crippen LogP contribution >= 0.6 is 11.8 Å². The summed E-state index contributed by atoms with van der Waals surface area (Å²) in [5.41, 5.74) is 1.03. The largest absolute Gasteiger partial charge is 0.206 e. The fraction of sp³-hybridized carbons (Fsp3) is 0.312. The van der Waals surface area contributed by atoms with Crippen LogP contribution in [0.1, 0.15) is 20.3 Å². The van der Waals surface area contributed by atoms with Gasteiger partial charge in [0.05, 0.1) is 5.56 Å². The van der Waals surface area contributed by atoms with Gasteiger partial charge in [0.2, 0.25) is 0 Å². The summed E-state index contributed by atoms with van der Waals surface area (Å²) in [4.78, 5) is 0. The summed E-state index contributed by atoms with van der Waals surface area (Å²) < 4.78 is 15.6. The van der Waals surface area contributed by atoms with Gasteiger partial charge in [-0.2, -0.15) is 9.61 Å². The molecule has 0 spiro atoms. The Hall–Kier alpha value is -1.95. The SMILES string of the molecule is CCC(C)CSc1ccc2nnc(-c3ccccc3F)n2n1. The molecule has 0 saturated heterocycles. The summed E-state index contributed by atoms with van der Waals surface area (Å²) in [5, 5.41) is 13.6. The molecular weight excluding hydrogens is 299 g/mol. The number of rotatable bonds is 5. The zero-order valence-electron chi connectivity index (χ0n) is 12.5. The second-order valence-electron chi connectivity index (χ2n) is 5.27. The van der Waals surface area contributed by atoms with Crippen LogP contribution in [-0.2, 0) is 0 Å². The van der Waals surface area contributed by atoms with E-state index in [1.807, 2.05) is 12.1 Å². The molecule has 1 aromatic carbocycles. The quantitative estimate of drug-likeness (QED) is 0.666. The van der Waals surface area contributed by atoms with Gasteiger partial charge in [0, 0.05) is 5.75 Å². The fourth-order valence-corrected chi connectivity index (χ4v) is 3.00. The molecule has 22 heavy (non-hydrogen) atoms. The Morgan fingerprint density at radius 2 is 2.00 bits per heavy atom. The third kappa shape index (κ3) is 2.97. The molecule has 0 aliphatic rings. The van der Waals surface area contributed by atoms with Crippen molar-refractivity contribution in [3.8, 4) is 11.4 Å². The van der Waals surface area contributed by atoms with Gasteiger partial charge in [-0.05, 0) is 30.2 Å². The maximum absolute atomic E-state index is 14.0. The average molecular weight is 316 g/mol. The molecule has 0 aliphatic heterocycles. The molecule has 0 amide bonds. The van der Waals surface area contributed by atoms with Crippen LogP contribution in [0.5, 0.6) is 0 Å². The van der Waals surface area contributed by atoms with E-state index in [1.165, 1.54) is 6.07 Å². The molecule has 0 bridgehead atoms. The van der Waals surface area contributed by atoms with Crippen molar-refractivity contribution in [1.29, 1.82) is 0 Å². The Morgan fingerprint density at radius 1 is 1.18 bits per heavy atom. The van der Waals surface area contributed by atoms with Gasteiger partial charge in [-0.15, -0.1) is 22.0 Å². The molecule has 4 nitrogen and oxygen atoms in total. The van der Waals surface area contributed by atoms with Crippen LogP contribution < -0.4 is 0 Å². The van der Waals surface area contributed by atoms with Gasteiger partial charge < -0.3 is 0 Å². The van der Waals surface area contributed by atoms with Crippen LogP contribution in [0.15, 0.2) is 41.4 Å². The molecule has 0 radical (unpaired) electrons. The summed E-state index contributed by atoms with van der Waals surface area (Å²) in [7, 11) is 0. The highest BCUT2D eigenvalue weighted by atomic mass is 32.2. The predicted octanol–water partition coefficient (Wildman–Crippen LogP) is 4.07. The first-order valence-corrected chi connectivity index (χ1v) is 8.27. The summed E-state index contributed by atoms with van der Waals surface area (Å²) in [5.74, 6) is 1.75. The van der Waals surface area contributed by atoms with Crippen molar-refractivity contribution in [3.05, 3.63) is 42.2 Å². The van der Waals surface area contributed by atoms with E-state index in [1.54, 1.807) is 34.5 Å². The third-order valence-electron chi connectivity index (χ3n) is 3.57. The van der Waals surface area contributed by atoms with Crippen LogP contribution in [-0.4, -0.2) is 25.6 Å². The highest BCUT2D eigenvalue weighted by Crippen LogP contribution is 2.24. The number of halogens is 1. The third-order valence-corrected chi connectivity index (χ3v) is 4.81. The van der Waals surface area contributed by atoms with Gasteiger partial charge in [0.15, 0.2) is 11.5 Å². The van der Waals surface area contributed by atoms with E-state index >= 15 is 0 Å². The minimum absolute atomic E-state index is 0.323. The molecule has 0 aliphatic carbocycles. The molecule has 0 saturated carbocycles. The van der Waals surface area contributed by atoms with Gasteiger partial charge in [-0.25, -0.2) is 4.39 Å². The zero-order chi connectivity index (χ0) is 15.5. The molecule has 114 valence electrons. The fourth-order valence-electron chi connectivity index (χ4n) is 2.01. The number of hydrogen-bond donors (Lipinski definition) is 0. The van der Waals surface area contributed by atoms with Crippen molar-refractivity contribution in [1.82, 2.24) is 19.8 Å². The first-order chi connectivity index (χ1) is 10.7. The molecular formula is C16H17FN4S. The lowest BCUT2D eigenvalue weighted by Gasteiger charge is -2.07. The maximum atomic E-state index is 14.0. The van der Waals surface area contributed by atoms with Crippen molar-refractivity contribution in [2.45, 2.75) is 25.3 Å². The van der Waals surface area contributed by atoms with Crippen LogP contribution in [0, 0.1) is 11.7 Å². The van der Waals surface area contributed by atoms with Crippen molar-refractivity contribution in [3.63, 3.8) is 0 Å². The van der Waals surface area contributed by atoms with Crippen LogP contribution in [0.2, 0.25) is 0 Å². The number of nitrogens with zero attached hydrogens (tertiary/aromatic N) is 4. The molecule has 3 aromatic rings. The topological polar surface area (TPSA) is 43.1 Å². The number of benzene rings is 1. The lowest BCUT2D eigenvalue weighted by atomic mass is 10.2. The van der Waals surface area contributed by atoms with Gasteiger partial charge >= 0.3 is 0 Å². The summed E-state index contributed by atoms with van der Waals surface area (Å²) in [6.45, 7) is 4.40. The molecule has 2 aromatic heterocycles. The predicted molar refractivity (Wildman–Crippen MR) is 86.4 cm³/mol. The van der Waals surface area contributed by atoms with E-state index in [-0.39, 0.29) is 5.82 Å². The number of thioether (sulfide) groups is 1. The number of fused-ring (bicyclic) bond motifs is 1. The van der Waals surface area contributed by atoms with Gasteiger partial charge in [0.1, 0.15) is 10.8 Å². The Kier molecular flexibility index (Phi) is 4.38. The van der Waals surface area contributed by atoms with Gasteiger partial charge in [-0.1, -0.05) is 32.4 Å². The molecule has 1 atom stereocenters. The van der Waals surface area contributed by atoms with Gasteiger partial charge in [0.25, 0.3) is 0 Å². The zero-order valence-corrected chi connectivity index (χ0v) is 13.3. The molecule has 2 heterocycles. The van der Waals surface area contributed by atoms with Gasteiger partial charge in [-0.3, -0.25) is 0 Å². The molecule has 6 heteroatoms. The van der Waals surface area contributed by atoms with Crippen LogP contribution in [0.25, 0.3) is 17.0 Å². The lowest BCUT2D eigenvalue weighted by Crippen LogP contribution is -2.00. The summed E-state index contributed by atoms with van der Waals surface area (Å²) in [6.07, 6.45) is 1.14. The summed E-state index contributed by atoms with van der Waals surface area (Å²) in [6, 6.07) is 10.3. The van der Waals surface area contributed by atoms with E-state index in [2.05, 4.69) is 29.1 Å². The van der Waals surface area contributed by atoms with Crippen molar-refractivity contribution in [2.75, 3.05) is 5.75 Å². The normalized spacial score (nSPS) is 12.7. The molecule has 3 rings (SSSR count). The minimum Gasteiger partial charge on any atom is -0.206 e. The monoisotopic (exact) mass is 316 g/mol. The van der Waals surface area contributed by atoms with E-state index in [4.69, 9.17) is 0 Å². The van der Waals surface area contributed by atoms with Crippen LogP contribution in [0.3, 0.4) is 0 Å². The molecule has 1 unspecified atom stereocenters. The Labute approximate surface area is 132 Å². The lowest BCUT2D eigenvalue weighted by molar-refractivity contribution is 0.628. The second-order valence-corrected chi connectivity index (χ2v) is 6.31. The first-order valence-electron chi connectivity index (χ1n) is 7.29. The van der Waals surface area contributed by atoms with E-state index in [0.717, 1.165) is 17.2 Å². The minimum atomic E-state index is -0.323. The van der Waals surface area contributed by atoms with Crippen molar-refractivity contribution < 1.29 is 4.39 Å². The second kappa shape index (κ2) is 6.44. The number of aromatic nitrogens is 4.